The molecular formula is C29H31N9O2. The Morgan fingerprint density at radius 2 is 1.93 bits per heavy atom. The number of hydrogen-bond donors (Lipinski definition) is 1. The zero-order valence-electron chi connectivity index (χ0n) is 22.4. The predicted octanol–water partition coefficient (Wildman–Crippen LogP) is 1.92. The first-order valence-electron chi connectivity index (χ1n) is 13.7. The molecule has 3 aromatic heterocycles. The van der Waals surface area contributed by atoms with Crippen LogP contribution in [0.3, 0.4) is 0 Å². The number of pyridine rings is 1. The van der Waals surface area contributed by atoms with Crippen molar-refractivity contribution in [3.8, 4) is 11.9 Å². The van der Waals surface area contributed by atoms with Gasteiger partial charge in [0.1, 0.15) is 11.9 Å². The van der Waals surface area contributed by atoms with Crippen LogP contribution in [0.1, 0.15) is 35.4 Å². The lowest BCUT2D eigenvalue weighted by Gasteiger charge is -2.56. The maximum Gasteiger partial charge on any atom is 0.212 e. The van der Waals surface area contributed by atoms with Crippen LogP contribution in [0.5, 0.6) is 5.88 Å². The number of piperazine rings is 1. The molecule has 8 rings (SSSR count). The number of methoxy groups -OCH3 is 1. The number of likely N-dealkylation sites (tertiary alicyclic amines) is 1. The number of aliphatic hydroxyl groups is 1. The lowest BCUT2D eigenvalue weighted by molar-refractivity contribution is -0.00879. The number of ether oxygens (including phenoxy) is 1. The molecule has 204 valence electrons. The minimum Gasteiger partial charge on any atom is -0.481 e. The molecule has 11 nitrogen and oxygen atoms in total. The SMILES string of the molecule is COc1ccc(CN2C3CC2CN(c2cnc(C4=CC(N5CCC(O)C5)=Cn5ncc(C#N)c5C4)cn2)C3)cn1. The minimum atomic E-state index is -0.341. The number of allylic oxidation sites excluding steroid dienone is 2. The average molecular weight is 538 g/mol. The van der Waals surface area contributed by atoms with Crippen molar-refractivity contribution in [1.82, 2.24) is 34.5 Å². The summed E-state index contributed by atoms with van der Waals surface area (Å²) in [6.45, 7) is 4.08. The summed E-state index contributed by atoms with van der Waals surface area (Å²) in [5, 5.41) is 24.2. The van der Waals surface area contributed by atoms with Gasteiger partial charge in [-0.3, -0.25) is 9.88 Å². The van der Waals surface area contributed by atoms with E-state index < -0.39 is 0 Å². The van der Waals surface area contributed by atoms with E-state index in [1.807, 2.05) is 30.9 Å². The summed E-state index contributed by atoms with van der Waals surface area (Å²) in [6, 6.07) is 7.24. The zero-order chi connectivity index (χ0) is 27.2. The standard InChI is InChI=1S/C29H31N9O2/c1-40-29-3-2-19(10-33-29)14-37-23-8-24(37)16-36(15-23)28-13-31-26(12-32-28)20-6-22(35-5-4-25(39)18-35)17-38-27(7-20)21(9-30)11-34-38/h2-3,6,10-13,17,23-25,39H,4-5,7-8,14-16,18H2,1H3. The second kappa shape index (κ2) is 10.0. The molecule has 3 atom stereocenters. The third-order valence-electron chi connectivity index (χ3n) is 8.49. The first-order chi connectivity index (χ1) is 19.6. The molecule has 11 heteroatoms. The molecule has 0 radical (unpaired) electrons. The van der Waals surface area contributed by atoms with E-state index in [-0.39, 0.29) is 6.10 Å². The van der Waals surface area contributed by atoms with Crippen molar-refractivity contribution in [1.29, 1.82) is 5.26 Å². The van der Waals surface area contributed by atoms with Gasteiger partial charge in [-0.05, 0) is 30.1 Å². The number of anilines is 1. The number of hydrogen-bond acceptors (Lipinski definition) is 10. The van der Waals surface area contributed by atoms with E-state index in [2.05, 4.69) is 43.0 Å². The Labute approximate surface area is 232 Å². The third kappa shape index (κ3) is 4.49. The fourth-order valence-electron chi connectivity index (χ4n) is 6.27. The zero-order valence-corrected chi connectivity index (χ0v) is 22.4. The van der Waals surface area contributed by atoms with Crippen molar-refractivity contribution in [2.75, 3.05) is 38.2 Å². The van der Waals surface area contributed by atoms with Crippen LogP contribution < -0.4 is 9.64 Å². The summed E-state index contributed by atoms with van der Waals surface area (Å²) < 4.78 is 6.96. The van der Waals surface area contributed by atoms with E-state index in [1.54, 1.807) is 18.0 Å². The topological polar surface area (TPSA) is 119 Å². The number of nitriles is 1. The molecule has 5 aliphatic heterocycles. The van der Waals surface area contributed by atoms with E-state index in [0.29, 0.717) is 36.5 Å². The summed E-state index contributed by atoms with van der Waals surface area (Å²) in [5.74, 6) is 1.53. The number of aromatic nitrogens is 5. The largest absolute Gasteiger partial charge is 0.481 e. The second-order valence-corrected chi connectivity index (χ2v) is 10.9. The highest BCUT2D eigenvalue weighted by molar-refractivity contribution is 5.71. The maximum absolute atomic E-state index is 10.1. The first-order valence-corrected chi connectivity index (χ1v) is 13.7. The number of β-amino-alcohol motifs (C(OH)–C–C–N with tert-alkyl or cyclic N) is 1. The van der Waals surface area contributed by atoms with Crippen LogP contribution in [0.25, 0.3) is 11.8 Å². The van der Waals surface area contributed by atoms with Gasteiger partial charge in [0.2, 0.25) is 5.88 Å². The number of nitrogens with zero attached hydrogens (tertiary/aromatic N) is 9. The molecule has 0 aliphatic carbocycles. The molecule has 0 spiro atoms. The van der Waals surface area contributed by atoms with Crippen LogP contribution in [0, 0.1) is 11.3 Å². The van der Waals surface area contributed by atoms with Gasteiger partial charge in [-0.25, -0.2) is 14.6 Å². The quantitative estimate of drug-likeness (QED) is 0.499. The van der Waals surface area contributed by atoms with Gasteiger partial charge in [-0.1, -0.05) is 6.07 Å². The Hall–Kier alpha value is -4.27. The molecule has 8 heterocycles. The van der Waals surface area contributed by atoms with Gasteiger partial charge >= 0.3 is 0 Å². The van der Waals surface area contributed by atoms with Crippen molar-refractivity contribution < 1.29 is 9.84 Å². The van der Waals surface area contributed by atoms with Crippen LogP contribution in [-0.2, 0) is 13.0 Å². The van der Waals surface area contributed by atoms with E-state index in [4.69, 9.17) is 14.7 Å². The van der Waals surface area contributed by atoms with Gasteiger partial charge < -0.3 is 19.6 Å². The lowest BCUT2D eigenvalue weighted by Crippen LogP contribution is -2.68. The normalized spacial score (nSPS) is 24.0. The molecule has 4 fully saturated rings. The number of aliphatic hydroxyl groups excluding tert-OH is 1. The highest BCUT2D eigenvalue weighted by atomic mass is 16.5. The molecule has 40 heavy (non-hydrogen) atoms. The second-order valence-electron chi connectivity index (χ2n) is 10.9. The van der Waals surface area contributed by atoms with Crippen molar-refractivity contribution >= 4 is 17.6 Å². The molecule has 3 unspecified atom stereocenters. The Morgan fingerprint density at radius 3 is 2.60 bits per heavy atom. The van der Waals surface area contributed by atoms with Gasteiger partial charge in [0.15, 0.2) is 0 Å². The molecule has 4 saturated heterocycles. The van der Waals surface area contributed by atoms with Gasteiger partial charge in [-0.2, -0.15) is 10.4 Å². The Kier molecular flexibility index (Phi) is 6.21. The fraction of sp³-hybridized carbons (Fsp3) is 0.414. The number of piperidine rings is 1. The molecule has 1 N–H and O–H groups in total. The number of fused-ring (bicyclic) bond motifs is 3. The molecule has 2 bridgehead atoms. The van der Waals surface area contributed by atoms with Gasteiger partial charge in [-0.15, -0.1) is 0 Å². The predicted molar refractivity (Wildman–Crippen MR) is 148 cm³/mol. The Balaban J connectivity index is 1.07. The van der Waals surface area contributed by atoms with Gasteiger partial charge in [0.25, 0.3) is 0 Å². The van der Waals surface area contributed by atoms with E-state index in [1.165, 1.54) is 12.0 Å². The van der Waals surface area contributed by atoms with Crippen molar-refractivity contribution in [2.24, 2.45) is 0 Å². The fourth-order valence-corrected chi connectivity index (χ4v) is 6.27. The van der Waals surface area contributed by atoms with Crippen LogP contribution >= 0.6 is 0 Å². The maximum atomic E-state index is 10.1. The van der Waals surface area contributed by atoms with Crippen molar-refractivity contribution in [3.63, 3.8) is 0 Å². The van der Waals surface area contributed by atoms with Crippen LogP contribution in [0.15, 0.2) is 48.7 Å². The molecular weight excluding hydrogens is 506 g/mol. The van der Waals surface area contributed by atoms with Crippen molar-refractivity contribution in [2.45, 2.75) is 44.0 Å². The summed E-state index contributed by atoms with van der Waals surface area (Å²) >= 11 is 0. The van der Waals surface area contributed by atoms with Crippen LogP contribution in [0.2, 0.25) is 0 Å². The van der Waals surface area contributed by atoms with Crippen molar-refractivity contribution in [3.05, 3.63) is 71.2 Å². The molecule has 3 aromatic rings. The first kappa shape index (κ1) is 24.7. The Morgan fingerprint density at radius 1 is 1.05 bits per heavy atom. The summed E-state index contributed by atoms with van der Waals surface area (Å²) in [4.78, 5) is 21.1. The summed E-state index contributed by atoms with van der Waals surface area (Å²) in [5.41, 5.74) is 5.29. The van der Waals surface area contributed by atoms with E-state index in [9.17, 15) is 10.4 Å². The van der Waals surface area contributed by atoms with Crippen LogP contribution in [0.4, 0.5) is 5.82 Å². The highest BCUT2D eigenvalue weighted by Crippen LogP contribution is 2.36. The van der Waals surface area contributed by atoms with Crippen LogP contribution in [-0.4, -0.2) is 91.1 Å². The smallest absolute Gasteiger partial charge is 0.212 e. The van der Waals surface area contributed by atoms with E-state index in [0.717, 1.165) is 61.1 Å². The summed E-state index contributed by atoms with van der Waals surface area (Å²) in [7, 11) is 1.63. The number of rotatable bonds is 6. The lowest BCUT2D eigenvalue weighted by atomic mass is 9.87. The van der Waals surface area contributed by atoms with Gasteiger partial charge in [0, 0.05) is 63.5 Å². The third-order valence-corrected chi connectivity index (χ3v) is 8.49. The highest BCUT2D eigenvalue weighted by Gasteiger charge is 2.44. The average Bonchev–Trinajstić information content (AvgIpc) is 3.55. The summed E-state index contributed by atoms with van der Waals surface area (Å²) in [6.07, 6.45) is 13.4. The minimum absolute atomic E-state index is 0.341. The monoisotopic (exact) mass is 537 g/mol. The molecule has 5 aliphatic rings. The molecule has 0 saturated carbocycles. The van der Waals surface area contributed by atoms with E-state index >= 15 is 0 Å². The molecule has 0 aromatic carbocycles. The molecule has 0 amide bonds. The van der Waals surface area contributed by atoms with Gasteiger partial charge in [0.05, 0.1) is 60.7 Å². The Bertz CT molecular complexity index is 1490.